The number of aliphatic carboxylic acids is 1. The molecule has 5 rings (SSSR count). The van der Waals surface area contributed by atoms with Crippen molar-refractivity contribution in [3.63, 3.8) is 0 Å². The van der Waals surface area contributed by atoms with Gasteiger partial charge in [0.2, 0.25) is 5.91 Å². The number of fused-ring (bicyclic) bond motifs is 1. The molecule has 1 saturated heterocycles. The highest BCUT2D eigenvalue weighted by Crippen LogP contribution is 2.37. The number of carboxylic acid groups (broad SMARTS) is 1. The highest BCUT2D eigenvalue weighted by Gasteiger charge is 2.53. The van der Waals surface area contributed by atoms with Gasteiger partial charge in [-0.2, -0.15) is 10.2 Å². The minimum Gasteiger partial charge on any atom is -0.480 e. The number of hydrogen-bond donors (Lipinski definition) is 3. The molecule has 0 radical (unpaired) electrons. The Morgan fingerprint density at radius 2 is 1.97 bits per heavy atom. The molecule has 11 heteroatoms. The van der Waals surface area contributed by atoms with Crippen LogP contribution in [0.2, 0.25) is 0 Å². The maximum absolute atomic E-state index is 13.3. The Balaban J connectivity index is 1.44. The maximum atomic E-state index is 13.3. The Kier molecular flexibility index (Phi) is 7.42. The molecule has 2 fully saturated rings. The lowest BCUT2D eigenvalue weighted by Crippen LogP contribution is -2.41. The van der Waals surface area contributed by atoms with E-state index in [1.165, 1.54) is 0 Å². The topological polar surface area (TPSA) is 144 Å². The standard InChI is InChI=1S/C28H37N7O4/c1-4-19-14-28(27(38)39,26(37)30-19)15-20-10-11-23-31-21(16-35(23)33-20)24(18-8-6-17(3)7-9-18)32-25(36)22-12-13-29-34(22)5-2/h10-13,16-19,24H,4-9,14-15H2,1-3H3,(H,30,37)(H,32,36)(H,38,39)/t17-,18-,19-,24+,28?/m1/s1. The van der Waals surface area contributed by atoms with E-state index in [1.807, 2.05) is 20.0 Å². The van der Waals surface area contributed by atoms with E-state index in [0.29, 0.717) is 41.6 Å². The van der Waals surface area contributed by atoms with E-state index in [9.17, 15) is 19.5 Å². The van der Waals surface area contributed by atoms with E-state index in [4.69, 9.17) is 4.98 Å². The first-order valence-electron chi connectivity index (χ1n) is 14.0. The summed E-state index contributed by atoms with van der Waals surface area (Å²) in [6.45, 7) is 6.73. The SMILES string of the molecule is CC[C@@H]1CC(Cc2ccc3nc([C@@H](NC(=O)c4ccnn4CC)[C@H]4CC[C@H](C)CC4)cn3n2)(C(=O)O)C(=O)N1. The third-order valence-electron chi connectivity index (χ3n) is 8.53. The van der Waals surface area contributed by atoms with Gasteiger partial charge in [-0.15, -0.1) is 0 Å². The van der Waals surface area contributed by atoms with Crippen LogP contribution in [0, 0.1) is 17.3 Å². The van der Waals surface area contributed by atoms with Crippen molar-refractivity contribution < 1.29 is 19.5 Å². The molecule has 0 spiro atoms. The van der Waals surface area contributed by atoms with Crippen molar-refractivity contribution in [1.82, 2.24) is 35.0 Å². The number of aryl methyl sites for hydroxylation is 1. The van der Waals surface area contributed by atoms with Crippen LogP contribution in [-0.4, -0.2) is 53.3 Å². The van der Waals surface area contributed by atoms with Crippen LogP contribution in [0.3, 0.4) is 0 Å². The number of aromatic nitrogens is 5. The van der Waals surface area contributed by atoms with Crippen LogP contribution in [0.25, 0.3) is 5.65 Å². The lowest BCUT2D eigenvalue weighted by Gasteiger charge is -2.32. The molecular weight excluding hydrogens is 498 g/mol. The van der Waals surface area contributed by atoms with Crippen LogP contribution in [0.1, 0.15) is 87.2 Å². The predicted molar refractivity (Wildman–Crippen MR) is 143 cm³/mol. The second-order valence-corrected chi connectivity index (χ2v) is 11.1. The first kappa shape index (κ1) is 26.8. The van der Waals surface area contributed by atoms with Gasteiger partial charge in [0.05, 0.1) is 23.6 Å². The maximum Gasteiger partial charge on any atom is 0.319 e. The van der Waals surface area contributed by atoms with E-state index < -0.39 is 17.3 Å². The van der Waals surface area contributed by atoms with Gasteiger partial charge in [0.15, 0.2) is 11.1 Å². The van der Waals surface area contributed by atoms with Crippen molar-refractivity contribution in [3.8, 4) is 0 Å². The highest BCUT2D eigenvalue weighted by molar-refractivity contribution is 6.04. The van der Waals surface area contributed by atoms with Crippen LogP contribution >= 0.6 is 0 Å². The number of hydrogen-bond acceptors (Lipinski definition) is 6. The van der Waals surface area contributed by atoms with E-state index in [1.54, 1.807) is 33.6 Å². The fraction of sp³-hybridized carbons (Fsp3) is 0.571. The molecule has 208 valence electrons. The minimum atomic E-state index is -1.54. The number of carboxylic acids is 1. The summed E-state index contributed by atoms with van der Waals surface area (Å²) < 4.78 is 3.30. The second kappa shape index (κ2) is 10.8. The van der Waals surface area contributed by atoms with Crippen molar-refractivity contribution >= 4 is 23.4 Å². The second-order valence-electron chi connectivity index (χ2n) is 11.1. The third kappa shape index (κ3) is 5.14. The van der Waals surface area contributed by atoms with Crippen LogP contribution in [0.4, 0.5) is 0 Å². The van der Waals surface area contributed by atoms with Gasteiger partial charge in [-0.05, 0) is 62.6 Å². The average Bonchev–Trinajstić information content (AvgIpc) is 3.65. The number of carbonyl (C=O) groups is 3. The smallest absolute Gasteiger partial charge is 0.319 e. The zero-order chi connectivity index (χ0) is 27.7. The quantitative estimate of drug-likeness (QED) is 0.357. The fourth-order valence-corrected chi connectivity index (χ4v) is 6.09. The van der Waals surface area contributed by atoms with Crippen molar-refractivity contribution in [3.05, 3.63) is 47.7 Å². The normalized spacial score (nSPS) is 25.9. The summed E-state index contributed by atoms with van der Waals surface area (Å²) in [5.74, 6) is -0.896. The lowest BCUT2D eigenvalue weighted by atomic mass is 9.78. The van der Waals surface area contributed by atoms with Gasteiger partial charge in [0.1, 0.15) is 5.69 Å². The lowest BCUT2D eigenvalue weighted by molar-refractivity contribution is -0.153. The Bertz CT molecular complexity index is 1370. The van der Waals surface area contributed by atoms with E-state index in [2.05, 4.69) is 27.8 Å². The molecule has 0 bridgehead atoms. The Morgan fingerprint density at radius 1 is 1.21 bits per heavy atom. The van der Waals surface area contributed by atoms with E-state index in [-0.39, 0.29) is 36.8 Å². The van der Waals surface area contributed by atoms with Crippen LogP contribution in [0.5, 0.6) is 0 Å². The fourth-order valence-electron chi connectivity index (χ4n) is 6.09. The summed E-state index contributed by atoms with van der Waals surface area (Å²) in [5.41, 5.74) is 0.785. The molecular formula is C28H37N7O4. The summed E-state index contributed by atoms with van der Waals surface area (Å²) in [6, 6.07) is 4.78. The molecule has 39 heavy (non-hydrogen) atoms. The van der Waals surface area contributed by atoms with Gasteiger partial charge in [0.25, 0.3) is 5.91 Å². The molecule has 0 aromatic carbocycles. The minimum absolute atomic E-state index is 0.00416. The number of rotatable bonds is 9. The number of imidazole rings is 1. The monoisotopic (exact) mass is 535 g/mol. The first-order chi connectivity index (χ1) is 18.7. The molecule has 2 aliphatic rings. The number of nitrogens with one attached hydrogen (secondary N) is 2. The van der Waals surface area contributed by atoms with Gasteiger partial charge < -0.3 is 15.7 Å². The average molecular weight is 536 g/mol. The predicted octanol–water partition coefficient (Wildman–Crippen LogP) is 3.16. The zero-order valence-electron chi connectivity index (χ0n) is 22.8. The van der Waals surface area contributed by atoms with Gasteiger partial charge >= 0.3 is 5.97 Å². The van der Waals surface area contributed by atoms with Crippen molar-refractivity contribution in [2.45, 2.75) is 84.3 Å². The molecule has 3 aromatic heterocycles. The summed E-state index contributed by atoms with van der Waals surface area (Å²) >= 11 is 0. The molecule has 3 atom stereocenters. The summed E-state index contributed by atoms with van der Waals surface area (Å²) in [6.07, 6.45) is 8.50. The third-order valence-corrected chi connectivity index (χ3v) is 8.53. The zero-order valence-corrected chi connectivity index (χ0v) is 22.8. The van der Waals surface area contributed by atoms with Crippen molar-refractivity contribution in [1.29, 1.82) is 0 Å². The molecule has 1 aliphatic carbocycles. The number of nitrogens with zero attached hydrogens (tertiary/aromatic N) is 5. The van der Waals surface area contributed by atoms with Crippen LogP contribution in [-0.2, 0) is 22.6 Å². The molecule has 1 saturated carbocycles. The van der Waals surface area contributed by atoms with Crippen molar-refractivity contribution in [2.24, 2.45) is 17.3 Å². The highest BCUT2D eigenvalue weighted by atomic mass is 16.4. The molecule has 2 amide bonds. The molecule has 1 aliphatic heterocycles. The molecule has 1 unspecified atom stereocenters. The summed E-state index contributed by atoms with van der Waals surface area (Å²) in [7, 11) is 0. The number of amides is 2. The van der Waals surface area contributed by atoms with Crippen LogP contribution in [0.15, 0.2) is 30.6 Å². The Hall–Kier alpha value is -3.76. The van der Waals surface area contributed by atoms with Gasteiger partial charge in [-0.25, -0.2) is 9.50 Å². The summed E-state index contributed by atoms with van der Waals surface area (Å²) in [5, 5.41) is 24.9. The molecule has 11 nitrogen and oxygen atoms in total. The first-order valence-corrected chi connectivity index (χ1v) is 14.0. The van der Waals surface area contributed by atoms with Gasteiger partial charge in [-0.3, -0.25) is 19.1 Å². The largest absolute Gasteiger partial charge is 0.480 e. The Labute approximate surface area is 227 Å². The van der Waals surface area contributed by atoms with E-state index >= 15 is 0 Å². The summed E-state index contributed by atoms with van der Waals surface area (Å²) in [4.78, 5) is 43.1. The molecule has 3 aromatic rings. The molecule has 3 N–H and O–H groups in total. The van der Waals surface area contributed by atoms with Crippen molar-refractivity contribution in [2.75, 3.05) is 0 Å². The Morgan fingerprint density at radius 3 is 2.64 bits per heavy atom. The van der Waals surface area contributed by atoms with Gasteiger partial charge in [-0.1, -0.05) is 26.7 Å². The number of carbonyl (C=O) groups excluding carboxylic acids is 2. The molecule has 4 heterocycles. The van der Waals surface area contributed by atoms with Gasteiger partial charge in [0, 0.05) is 25.2 Å². The van der Waals surface area contributed by atoms with E-state index in [0.717, 1.165) is 25.7 Å². The van der Waals surface area contributed by atoms with Crippen LogP contribution < -0.4 is 10.6 Å².